The fourth-order valence-electron chi connectivity index (χ4n) is 4.33. The first-order chi connectivity index (χ1) is 15.1. The van der Waals surface area contributed by atoms with Crippen LogP contribution < -0.4 is 0 Å². The maximum Gasteiger partial charge on any atom is 0.340 e. The molecule has 1 amide bonds. The molecule has 5 heteroatoms. The summed E-state index contributed by atoms with van der Waals surface area (Å²) >= 11 is 0. The predicted octanol–water partition coefficient (Wildman–Crippen LogP) is 5.43. The Kier molecular flexibility index (Phi) is 6.77. The molecule has 0 N–H and O–H groups in total. The zero-order valence-corrected chi connectivity index (χ0v) is 20.5. The molecule has 0 bridgehead atoms. The normalized spacial score (nSPS) is 15.5. The van der Waals surface area contributed by atoms with Gasteiger partial charge in [0.25, 0.3) is 5.91 Å². The molecular weight excluding hydrogens is 400 g/mol. The molecule has 32 heavy (non-hydrogen) atoms. The van der Waals surface area contributed by atoms with E-state index in [0.717, 1.165) is 22.6 Å². The van der Waals surface area contributed by atoms with Crippen LogP contribution in [0, 0.1) is 33.6 Å². The lowest BCUT2D eigenvalue weighted by molar-refractivity contribution is -0.138. The van der Waals surface area contributed by atoms with Crippen LogP contribution in [0.15, 0.2) is 41.1 Å². The predicted molar refractivity (Wildman–Crippen MR) is 129 cm³/mol. The highest BCUT2D eigenvalue weighted by Gasteiger charge is 2.37. The van der Waals surface area contributed by atoms with E-state index >= 15 is 0 Å². The van der Waals surface area contributed by atoms with Gasteiger partial charge in [-0.05, 0) is 82.4 Å². The summed E-state index contributed by atoms with van der Waals surface area (Å²) in [6.45, 7) is 16.8. The summed E-state index contributed by atoms with van der Waals surface area (Å²) in [7, 11) is 0. The quantitative estimate of drug-likeness (QED) is 0.450. The lowest BCUT2D eigenvalue weighted by atomic mass is 10.0. The van der Waals surface area contributed by atoms with Crippen molar-refractivity contribution in [3.63, 3.8) is 0 Å². The van der Waals surface area contributed by atoms with Gasteiger partial charge in [0.1, 0.15) is 0 Å². The molecule has 1 aliphatic rings. The molecular formula is C27H34N2O3. The minimum absolute atomic E-state index is 0.143. The number of carbonyl (C=O) groups excluding carboxylic acids is 2. The molecule has 0 fully saturated rings. The molecule has 1 aromatic heterocycles. The van der Waals surface area contributed by atoms with Gasteiger partial charge in [-0.3, -0.25) is 4.79 Å². The third-order valence-corrected chi connectivity index (χ3v) is 5.91. The third-order valence-electron chi connectivity index (χ3n) is 5.91. The Morgan fingerprint density at radius 3 is 2.41 bits per heavy atom. The lowest BCUT2D eigenvalue weighted by Crippen LogP contribution is -2.28. The highest BCUT2D eigenvalue weighted by Crippen LogP contribution is 2.34. The zero-order valence-electron chi connectivity index (χ0n) is 20.5. The van der Waals surface area contributed by atoms with Crippen LogP contribution in [0.25, 0.3) is 11.8 Å². The van der Waals surface area contributed by atoms with Crippen molar-refractivity contribution in [1.29, 1.82) is 0 Å². The molecule has 0 atom stereocenters. The van der Waals surface area contributed by atoms with Gasteiger partial charge in [0.2, 0.25) is 0 Å². The maximum atomic E-state index is 13.3. The first-order valence-electron chi connectivity index (χ1n) is 11.2. The van der Waals surface area contributed by atoms with Crippen molar-refractivity contribution in [2.45, 2.75) is 55.4 Å². The van der Waals surface area contributed by atoms with Gasteiger partial charge in [-0.15, -0.1) is 0 Å². The molecule has 0 radical (unpaired) electrons. The van der Waals surface area contributed by atoms with Crippen molar-refractivity contribution in [2.24, 2.45) is 5.92 Å². The van der Waals surface area contributed by atoms with E-state index in [1.807, 2.05) is 19.9 Å². The summed E-state index contributed by atoms with van der Waals surface area (Å²) in [5.74, 6) is -0.305. The van der Waals surface area contributed by atoms with Crippen LogP contribution in [0.2, 0.25) is 0 Å². The van der Waals surface area contributed by atoms with Crippen LogP contribution in [0.5, 0.6) is 0 Å². The molecule has 3 rings (SSSR count). The smallest absolute Gasteiger partial charge is 0.340 e. The second kappa shape index (κ2) is 9.19. The molecule has 0 spiro atoms. The van der Waals surface area contributed by atoms with Crippen molar-refractivity contribution >= 4 is 18.0 Å². The van der Waals surface area contributed by atoms with Crippen molar-refractivity contribution in [3.8, 4) is 5.69 Å². The number of hydrogen-bond acceptors (Lipinski definition) is 3. The molecule has 1 aromatic carbocycles. The zero-order chi connectivity index (χ0) is 23.7. The van der Waals surface area contributed by atoms with E-state index in [4.69, 9.17) is 4.74 Å². The number of aryl methyl sites for hydroxylation is 3. The fraction of sp³-hybridized carbons (Fsp3) is 0.407. The van der Waals surface area contributed by atoms with Gasteiger partial charge in [0.15, 0.2) is 0 Å². The Balaban J connectivity index is 2.15. The standard InChI is InChI=1S/C27H34N2O3/c1-9-32-27(31)25-21(8)28(15-16(2)3)26(30)23(25)14-22-13-19(6)29(20(22)7)24-12-17(4)10-11-18(24)5/h10-14,16H,9,15H2,1-8H3/b23-14-. The van der Waals surface area contributed by atoms with E-state index in [9.17, 15) is 9.59 Å². The van der Waals surface area contributed by atoms with E-state index in [2.05, 4.69) is 63.5 Å². The molecule has 1 aliphatic heterocycles. The first kappa shape index (κ1) is 23.6. The summed E-state index contributed by atoms with van der Waals surface area (Å²) in [5, 5.41) is 0. The SMILES string of the molecule is CCOC(=O)C1=C(C)N(CC(C)C)C(=O)/C1=C\c1cc(C)n(-c2cc(C)ccc2C)c1C. The van der Waals surface area contributed by atoms with E-state index in [1.54, 1.807) is 11.8 Å². The Bertz CT molecular complexity index is 1130. The van der Waals surface area contributed by atoms with Crippen molar-refractivity contribution in [1.82, 2.24) is 9.47 Å². The number of allylic oxidation sites excluding steroid dienone is 1. The van der Waals surface area contributed by atoms with Gasteiger partial charge in [-0.25, -0.2) is 4.79 Å². The van der Waals surface area contributed by atoms with Crippen LogP contribution in [-0.2, 0) is 14.3 Å². The fourth-order valence-corrected chi connectivity index (χ4v) is 4.33. The second-order valence-corrected chi connectivity index (χ2v) is 9.00. The first-order valence-corrected chi connectivity index (χ1v) is 11.2. The number of rotatable bonds is 6. The van der Waals surface area contributed by atoms with Crippen LogP contribution >= 0.6 is 0 Å². The van der Waals surface area contributed by atoms with Crippen molar-refractivity contribution in [3.05, 3.63) is 69.2 Å². The molecule has 0 saturated heterocycles. The summed E-state index contributed by atoms with van der Waals surface area (Å²) in [4.78, 5) is 27.8. The van der Waals surface area contributed by atoms with Crippen LogP contribution in [0.3, 0.4) is 0 Å². The van der Waals surface area contributed by atoms with Crippen molar-refractivity contribution < 1.29 is 14.3 Å². The van der Waals surface area contributed by atoms with Gasteiger partial charge < -0.3 is 14.2 Å². The average molecular weight is 435 g/mol. The van der Waals surface area contributed by atoms with E-state index in [1.165, 1.54) is 11.1 Å². The highest BCUT2D eigenvalue weighted by atomic mass is 16.5. The number of nitrogens with zero attached hydrogens (tertiary/aromatic N) is 2. The number of amides is 1. The van der Waals surface area contributed by atoms with Crippen LogP contribution in [0.4, 0.5) is 0 Å². The monoisotopic (exact) mass is 434 g/mol. The third kappa shape index (κ3) is 4.29. The molecule has 0 saturated carbocycles. The number of hydrogen-bond donors (Lipinski definition) is 0. The summed E-state index contributed by atoms with van der Waals surface area (Å²) in [6, 6.07) is 8.47. The van der Waals surface area contributed by atoms with Gasteiger partial charge in [-0.2, -0.15) is 0 Å². The van der Waals surface area contributed by atoms with Crippen LogP contribution in [0.1, 0.15) is 55.8 Å². The largest absolute Gasteiger partial charge is 0.462 e. The Morgan fingerprint density at radius 2 is 1.78 bits per heavy atom. The Labute approximate surface area is 191 Å². The number of ether oxygens (including phenoxy) is 1. The van der Waals surface area contributed by atoms with Gasteiger partial charge in [-0.1, -0.05) is 26.0 Å². The number of aromatic nitrogens is 1. The topological polar surface area (TPSA) is 51.5 Å². The molecule has 0 unspecified atom stereocenters. The second-order valence-electron chi connectivity index (χ2n) is 9.00. The van der Waals surface area contributed by atoms with E-state index in [0.29, 0.717) is 23.4 Å². The highest BCUT2D eigenvalue weighted by molar-refractivity contribution is 6.16. The van der Waals surface area contributed by atoms with E-state index < -0.39 is 5.97 Å². The molecule has 170 valence electrons. The maximum absolute atomic E-state index is 13.3. The molecule has 0 aliphatic carbocycles. The Hall–Kier alpha value is -3.08. The molecule has 2 heterocycles. The molecule has 2 aromatic rings. The van der Waals surface area contributed by atoms with Gasteiger partial charge in [0.05, 0.1) is 17.8 Å². The van der Waals surface area contributed by atoms with E-state index in [-0.39, 0.29) is 18.4 Å². The number of carbonyl (C=O) groups is 2. The van der Waals surface area contributed by atoms with Gasteiger partial charge >= 0.3 is 5.97 Å². The number of benzene rings is 1. The summed E-state index contributed by atoms with van der Waals surface area (Å²) in [6.07, 6.45) is 1.85. The number of esters is 1. The Morgan fingerprint density at radius 1 is 1.09 bits per heavy atom. The van der Waals surface area contributed by atoms with Crippen LogP contribution in [-0.4, -0.2) is 34.5 Å². The van der Waals surface area contributed by atoms with Gasteiger partial charge in [0, 0.05) is 29.3 Å². The molecule has 5 nitrogen and oxygen atoms in total. The van der Waals surface area contributed by atoms with Crippen molar-refractivity contribution in [2.75, 3.05) is 13.2 Å². The minimum Gasteiger partial charge on any atom is -0.462 e. The summed E-state index contributed by atoms with van der Waals surface area (Å²) < 4.78 is 7.51. The summed E-state index contributed by atoms with van der Waals surface area (Å²) in [5.41, 5.74) is 7.96. The lowest BCUT2D eigenvalue weighted by Gasteiger charge is -2.19. The average Bonchev–Trinajstić information content (AvgIpc) is 3.11. The minimum atomic E-state index is -0.445.